The average molecular weight is 437 g/mol. The molecule has 1 saturated heterocycles. The molecule has 0 bridgehead atoms. The molecule has 0 aliphatic carbocycles. The second kappa shape index (κ2) is 9.92. The predicted molar refractivity (Wildman–Crippen MR) is 122 cm³/mol. The predicted octanol–water partition coefficient (Wildman–Crippen LogP) is 3.86. The molecule has 0 saturated carbocycles. The van der Waals surface area contributed by atoms with E-state index in [2.05, 4.69) is 32.4 Å². The lowest BCUT2D eigenvalue weighted by Crippen LogP contribution is -2.44. The summed E-state index contributed by atoms with van der Waals surface area (Å²) in [7, 11) is 0. The SMILES string of the molecule is O=C(CC[C@]1(Cc2ccsc2)CCC(=O)N1)N[C@H](CCn1ccnc1)c1ccccc1. The van der Waals surface area contributed by atoms with Crippen LogP contribution in [0.25, 0.3) is 0 Å². The first-order chi connectivity index (χ1) is 15.1. The number of benzene rings is 1. The van der Waals surface area contributed by atoms with Crippen LogP contribution in [0.15, 0.2) is 65.9 Å². The second-order valence-electron chi connectivity index (χ2n) is 8.26. The van der Waals surface area contributed by atoms with Gasteiger partial charge in [0.2, 0.25) is 11.8 Å². The van der Waals surface area contributed by atoms with Crippen LogP contribution in [0.4, 0.5) is 0 Å². The summed E-state index contributed by atoms with van der Waals surface area (Å²) in [5.74, 6) is 0.100. The second-order valence-corrected chi connectivity index (χ2v) is 9.04. The lowest BCUT2D eigenvalue weighted by molar-refractivity contribution is -0.123. The molecule has 0 radical (unpaired) electrons. The Morgan fingerprint density at radius 3 is 2.84 bits per heavy atom. The van der Waals surface area contributed by atoms with Crippen molar-refractivity contribution in [3.8, 4) is 0 Å². The smallest absolute Gasteiger partial charge is 0.220 e. The molecular formula is C24H28N4O2S. The monoisotopic (exact) mass is 436 g/mol. The molecule has 31 heavy (non-hydrogen) atoms. The molecule has 2 atom stereocenters. The Bertz CT molecular complexity index is 972. The molecule has 3 heterocycles. The van der Waals surface area contributed by atoms with E-state index in [1.165, 1.54) is 5.56 Å². The number of thiophene rings is 1. The fourth-order valence-corrected chi connectivity index (χ4v) is 4.96. The molecule has 4 rings (SSSR count). The number of rotatable bonds is 10. The molecule has 7 heteroatoms. The molecule has 162 valence electrons. The zero-order valence-corrected chi connectivity index (χ0v) is 18.3. The summed E-state index contributed by atoms with van der Waals surface area (Å²) in [6.07, 6.45) is 9.38. The highest BCUT2D eigenvalue weighted by Gasteiger charge is 2.38. The summed E-state index contributed by atoms with van der Waals surface area (Å²) < 4.78 is 2.02. The van der Waals surface area contributed by atoms with Crippen LogP contribution in [0.2, 0.25) is 0 Å². The summed E-state index contributed by atoms with van der Waals surface area (Å²) >= 11 is 1.66. The standard InChI is InChI=1S/C24H28N4O2S/c29-22(6-10-24(11-7-23(30)27-24)16-19-9-15-31-17-19)26-21(20-4-2-1-3-5-20)8-13-28-14-12-25-18-28/h1-5,9,12,14-15,17-18,21H,6-8,10-11,13,16H2,(H,26,29)(H,27,30)/t21-,24-/m1/s1. The van der Waals surface area contributed by atoms with E-state index in [1.54, 1.807) is 23.9 Å². The first kappa shape index (κ1) is 21.3. The summed E-state index contributed by atoms with van der Waals surface area (Å²) in [5, 5.41) is 10.6. The third kappa shape index (κ3) is 5.82. The highest BCUT2D eigenvalue weighted by molar-refractivity contribution is 7.07. The summed E-state index contributed by atoms with van der Waals surface area (Å²) in [4.78, 5) is 29.0. The van der Waals surface area contributed by atoms with Crippen molar-refractivity contribution in [2.24, 2.45) is 0 Å². The molecule has 0 unspecified atom stereocenters. The van der Waals surface area contributed by atoms with Crippen LogP contribution in [0.3, 0.4) is 0 Å². The van der Waals surface area contributed by atoms with Crippen LogP contribution in [-0.2, 0) is 22.6 Å². The van der Waals surface area contributed by atoms with E-state index in [0.29, 0.717) is 19.3 Å². The van der Waals surface area contributed by atoms with Gasteiger partial charge < -0.3 is 15.2 Å². The molecule has 3 aromatic rings. The summed E-state index contributed by atoms with van der Waals surface area (Å²) in [5.41, 5.74) is 1.99. The number of aryl methyl sites for hydroxylation is 1. The number of carbonyl (C=O) groups is 2. The van der Waals surface area contributed by atoms with Crippen molar-refractivity contribution in [2.75, 3.05) is 0 Å². The van der Waals surface area contributed by atoms with Crippen molar-refractivity contribution in [1.82, 2.24) is 20.2 Å². The third-order valence-electron chi connectivity index (χ3n) is 5.96. The number of amides is 2. The van der Waals surface area contributed by atoms with Crippen molar-refractivity contribution < 1.29 is 9.59 Å². The number of aromatic nitrogens is 2. The van der Waals surface area contributed by atoms with Gasteiger partial charge in [0.1, 0.15) is 0 Å². The Morgan fingerprint density at radius 2 is 2.16 bits per heavy atom. The first-order valence-corrected chi connectivity index (χ1v) is 11.7. The fraction of sp³-hybridized carbons (Fsp3) is 0.375. The van der Waals surface area contributed by atoms with Crippen LogP contribution >= 0.6 is 11.3 Å². The van der Waals surface area contributed by atoms with E-state index >= 15 is 0 Å². The number of nitrogens with one attached hydrogen (secondary N) is 2. The average Bonchev–Trinajstić information content (AvgIpc) is 3.54. The van der Waals surface area contributed by atoms with Gasteiger partial charge in [-0.05, 0) is 53.6 Å². The van der Waals surface area contributed by atoms with Crippen molar-refractivity contribution in [2.45, 2.75) is 56.7 Å². The van der Waals surface area contributed by atoms with Crippen LogP contribution < -0.4 is 10.6 Å². The maximum Gasteiger partial charge on any atom is 0.220 e. The van der Waals surface area contributed by atoms with E-state index in [-0.39, 0.29) is 23.4 Å². The van der Waals surface area contributed by atoms with Crippen LogP contribution in [0, 0.1) is 0 Å². The van der Waals surface area contributed by atoms with Crippen LogP contribution in [0.5, 0.6) is 0 Å². The van der Waals surface area contributed by atoms with Gasteiger partial charge in [0.05, 0.1) is 12.4 Å². The Morgan fingerprint density at radius 1 is 1.29 bits per heavy atom. The van der Waals surface area contributed by atoms with Crippen molar-refractivity contribution in [3.05, 3.63) is 77.0 Å². The van der Waals surface area contributed by atoms with Gasteiger partial charge in [0.25, 0.3) is 0 Å². The Balaban J connectivity index is 1.38. The normalized spacial score (nSPS) is 19.2. The minimum absolute atomic E-state index is 0.0188. The highest BCUT2D eigenvalue weighted by Crippen LogP contribution is 2.30. The minimum Gasteiger partial charge on any atom is -0.350 e. The number of nitrogens with zero attached hydrogens (tertiary/aromatic N) is 2. The first-order valence-electron chi connectivity index (χ1n) is 10.7. The Labute approximate surface area is 186 Å². The van der Waals surface area contributed by atoms with Gasteiger partial charge in [-0.2, -0.15) is 11.3 Å². The van der Waals surface area contributed by atoms with Crippen LogP contribution in [-0.4, -0.2) is 26.9 Å². The lowest BCUT2D eigenvalue weighted by Gasteiger charge is -2.29. The molecule has 2 N–H and O–H groups in total. The van der Waals surface area contributed by atoms with E-state index in [1.807, 2.05) is 41.1 Å². The molecule has 1 aromatic carbocycles. The van der Waals surface area contributed by atoms with E-state index in [4.69, 9.17) is 0 Å². The van der Waals surface area contributed by atoms with Crippen LogP contribution in [0.1, 0.15) is 49.3 Å². The quantitative estimate of drug-likeness (QED) is 0.507. The maximum absolute atomic E-state index is 12.9. The minimum atomic E-state index is -0.325. The zero-order valence-electron chi connectivity index (χ0n) is 17.5. The van der Waals surface area contributed by atoms with Crippen molar-refractivity contribution in [1.29, 1.82) is 0 Å². The third-order valence-corrected chi connectivity index (χ3v) is 6.69. The van der Waals surface area contributed by atoms with Gasteiger partial charge in [-0.3, -0.25) is 9.59 Å². The molecule has 1 fully saturated rings. The molecule has 1 aliphatic heterocycles. The van der Waals surface area contributed by atoms with E-state index in [0.717, 1.165) is 31.4 Å². The largest absolute Gasteiger partial charge is 0.350 e. The van der Waals surface area contributed by atoms with Gasteiger partial charge in [0, 0.05) is 37.3 Å². The Hall–Kier alpha value is -2.93. The maximum atomic E-state index is 12.9. The molecular weight excluding hydrogens is 408 g/mol. The Kier molecular flexibility index (Phi) is 6.82. The number of carbonyl (C=O) groups excluding carboxylic acids is 2. The number of hydrogen-bond donors (Lipinski definition) is 2. The fourth-order valence-electron chi connectivity index (χ4n) is 4.29. The van der Waals surface area contributed by atoms with Gasteiger partial charge >= 0.3 is 0 Å². The molecule has 6 nitrogen and oxygen atoms in total. The van der Waals surface area contributed by atoms with Gasteiger partial charge in [-0.15, -0.1) is 0 Å². The summed E-state index contributed by atoms with van der Waals surface area (Å²) in [6, 6.07) is 12.1. The molecule has 2 aromatic heterocycles. The van der Waals surface area contributed by atoms with E-state index < -0.39 is 0 Å². The molecule has 0 spiro atoms. The topological polar surface area (TPSA) is 76.0 Å². The highest BCUT2D eigenvalue weighted by atomic mass is 32.1. The zero-order chi connectivity index (χ0) is 21.5. The summed E-state index contributed by atoms with van der Waals surface area (Å²) in [6.45, 7) is 0.776. The van der Waals surface area contributed by atoms with Gasteiger partial charge in [0.15, 0.2) is 0 Å². The number of hydrogen-bond acceptors (Lipinski definition) is 4. The van der Waals surface area contributed by atoms with E-state index in [9.17, 15) is 9.59 Å². The van der Waals surface area contributed by atoms with Crippen molar-refractivity contribution >= 4 is 23.2 Å². The molecule has 2 amide bonds. The van der Waals surface area contributed by atoms with Gasteiger partial charge in [-0.25, -0.2) is 4.98 Å². The lowest BCUT2D eigenvalue weighted by atomic mass is 9.85. The molecule has 1 aliphatic rings. The number of imidazole rings is 1. The van der Waals surface area contributed by atoms with Gasteiger partial charge in [-0.1, -0.05) is 30.3 Å². The van der Waals surface area contributed by atoms with Crippen molar-refractivity contribution in [3.63, 3.8) is 0 Å².